The summed E-state index contributed by atoms with van der Waals surface area (Å²) in [4.78, 5) is 12.1. The first-order valence-electron chi connectivity index (χ1n) is 9.51. The Kier molecular flexibility index (Phi) is 3.83. The summed E-state index contributed by atoms with van der Waals surface area (Å²) in [5, 5.41) is 1.85. The summed E-state index contributed by atoms with van der Waals surface area (Å²) in [5.41, 5.74) is 3.56. The van der Waals surface area contributed by atoms with Gasteiger partial charge in [-0.3, -0.25) is 0 Å². The number of hydrogen-bond acceptors (Lipinski definition) is 3. The number of hydrogen-bond donors (Lipinski definition) is 0. The van der Waals surface area contributed by atoms with Gasteiger partial charge in [0.05, 0.1) is 0 Å². The Morgan fingerprint density at radius 1 is 1.00 bits per heavy atom. The van der Waals surface area contributed by atoms with Crippen LogP contribution in [0.3, 0.4) is 0 Å². The van der Waals surface area contributed by atoms with Gasteiger partial charge in [0.2, 0.25) is 0 Å². The molecule has 0 aromatic heterocycles. The van der Waals surface area contributed by atoms with E-state index < -0.39 is 5.97 Å². The maximum Gasteiger partial charge on any atom is 0.335 e. The van der Waals surface area contributed by atoms with Crippen LogP contribution in [-0.2, 0) is 4.79 Å². The minimum atomic E-state index is -0.437. The summed E-state index contributed by atoms with van der Waals surface area (Å²) in [6, 6.07) is 17.8. The minimum Gasteiger partial charge on any atom is -0.456 e. The molecular weight excluding hydrogens is 348 g/mol. The third kappa shape index (κ3) is 2.47. The quantitative estimate of drug-likeness (QED) is 0.236. The van der Waals surface area contributed by atoms with Gasteiger partial charge in [-0.2, -0.15) is 0 Å². The van der Waals surface area contributed by atoms with E-state index in [2.05, 4.69) is 19.6 Å². The van der Waals surface area contributed by atoms with E-state index in [-0.39, 0.29) is 11.8 Å². The van der Waals surface area contributed by atoms with E-state index >= 15 is 0 Å². The lowest BCUT2D eigenvalue weighted by atomic mass is 9.87. The second kappa shape index (κ2) is 6.38. The van der Waals surface area contributed by atoms with E-state index in [0.29, 0.717) is 5.75 Å². The molecule has 0 spiro atoms. The highest BCUT2D eigenvalue weighted by molar-refractivity contribution is 6.00. The van der Waals surface area contributed by atoms with E-state index in [9.17, 15) is 4.79 Å². The smallest absolute Gasteiger partial charge is 0.335 e. The van der Waals surface area contributed by atoms with E-state index in [1.165, 1.54) is 11.6 Å². The van der Waals surface area contributed by atoms with Crippen molar-refractivity contribution in [3.8, 4) is 17.2 Å². The number of carbonyl (C=O) groups excluding carboxylic acids is 1. The predicted octanol–water partition coefficient (Wildman–Crippen LogP) is 6.25. The fraction of sp³-hybridized carbons (Fsp3) is 0.160. The van der Waals surface area contributed by atoms with Crippen LogP contribution >= 0.6 is 0 Å². The Bertz CT molecular complexity index is 1140. The van der Waals surface area contributed by atoms with Gasteiger partial charge in [-0.25, -0.2) is 4.79 Å². The van der Waals surface area contributed by atoms with Crippen molar-refractivity contribution >= 4 is 16.7 Å². The minimum absolute atomic E-state index is 0.260. The first-order chi connectivity index (χ1) is 13.7. The van der Waals surface area contributed by atoms with Crippen molar-refractivity contribution in [2.24, 2.45) is 0 Å². The number of para-hydroxylation sites is 1. The molecule has 0 fully saturated rings. The molecule has 0 radical (unpaired) electrons. The monoisotopic (exact) mass is 368 g/mol. The maximum atomic E-state index is 12.1. The fourth-order valence-electron chi connectivity index (χ4n) is 4.58. The molecule has 2 unspecified atom stereocenters. The highest BCUT2D eigenvalue weighted by atomic mass is 16.5. The average Bonchev–Trinajstić information content (AvgIpc) is 3.28. The Labute approximate surface area is 163 Å². The predicted molar refractivity (Wildman–Crippen MR) is 110 cm³/mol. The second-order valence-corrected chi connectivity index (χ2v) is 7.38. The Hall–Kier alpha value is -3.33. The van der Waals surface area contributed by atoms with Gasteiger partial charge in [-0.1, -0.05) is 60.7 Å². The van der Waals surface area contributed by atoms with Crippen LogP contribution in [0.15, 0.2) is 78.9 Å². The second-order valence-electron chi connectivity index (χ2n) is 7.38. The van der Waals surface area contributed by atoms with Gasteiger partial charge in [0.25, 0.3) is 0 Å². The molecule has 0 heterocycles. The molecule has 0 N–H and O–H groups in total. The number of rotatable bonds is 4. The molecule has 3 aromatic rings. The molecule has 5 rings (SSSR count). The van der Waals surface area contributed by atoms with E-state index in [0.717, 1.165) is 39.8 Å². The van der Waals surface area contributed by atoms with Crippen LogP contribution in [0.25, 0.3) is 10.8 Å². The van der Waals surface area contributed by atoms with Crippen molar-refractivity contribution in [1.29, 1.82) is 0 Å². The third-order valence-electron chi connectivity index (χ3n) is 5.75. The van der Waals surface area contributed by atoms with Crippen molar-refractivity contribution in [1.82, 2.24) is 0 Å². The molecule has 138 valence electrons. The maximum absolute atomic E-state index is 12.1. The molecule has 3 heteroatoms. The number of ether oxygens (including phenoxy) is 2. The van der Waals surface area contributed by atoms with Crippen LogP contribution in [0.2, 0.25) is 0 Å². The normalized spacial score (nSPS) is 19.2. The molecule has 0 saturated heterocycles. The highest BCUT2D eigenvalue weighted by Gasteiger charge is 2.42. The van der Waals surface area contributed by atoms with Gasteiger partial charge in [-0.05, 0) is 25.5 Å². The Morgan fingerprint density at radius 2 is 1.68 bits per heavy atom. The average molecular weight is 368 g/mol. The topological polar surface area (TPSA) is 35.5 Å². The fourth-order valence-corrected chi connectivity index (χ4v) is 4.58. The van der Waals surface area contributed by atoms with E-state index in [1.54, 1.807) is 0 Å². The van der Waals surface area contributed by atoms with Crippen molar-refractivity contribution in [3.63, 3.8) is 0 Å². The molecule has 0 aliphatic heterocycles. The lowest BCUT2D eigenvalue weighted by Gasteiger charge is -2.24. The molecule has 2 atom stereocenters. The van der Waals surface area contributed by atoms with Crippen molar-refractivity contribution < 1.29 is 14.3 Å². The SMILES string of the molecule is C=CC(=O)Oc1c2c(c(Oc3ccccc3)c3ccccc13)C1C=C(C)C2C1. The molecule has 2 aliphatic rings. The third-order valence-corrected chi connectivity index (χ3v) is 5.75. The summed E-state index contributed by atoms with van der Waals surface area (Å²) < 4.78 is 12.2. The van der Waals surface area contributed by atoms with Gasteiger partial charge in [0.1, 0.15) is 17.2 Å². The summed E-state index contributed by atoms with van der Waals surface area (Å²) in [7, 11) is 0. The summed E-state index contributed by atoms with van der Waals surface area (Å²) in [5.74, 6) is 2.42. The van der Waals surface area contributed by atoms with E-state index in [1.807, 2.05) is 54.6 Å². The molecule has 2 bridgehead atoms. The van der Waals surface area contributed by atoms with Gasteiger partial charge in [0, 0.05) is 39.8 Å². The number of carbonyl (C=O) groups is 1. The van der Waals surface area contributed by atoms with Crippen LogP contribution < -0.4 is 9.47 Å². The van der Waals surface area contributed by atoms with E-state index in [4.69, 9.17) is 9.47 Å². The molecular formula is C25H20O3. The first-order valence-corrected chi connectivity index (χ1v) is 9.51. The molecule has 3 aromatic carbocycles. The standard InChI is InChI=1S/C25H20O3/c1-3-21(26)28-25-19-12-8-7-11-18(19)24(27-17-9-5-4-6-10-17)22-16-13-15(2)20(14-16)23(22)25/h3-13,16,20H,1,14H2,2H3. The zero-order chi connectivity index (χ0) is 19.3. The van der Waals surface area contributed by atoms with Crippen molar-refractivity contribution in [3.05, 3.63) is 90.0 Å². The van der Waals surface area contributed by atoms with Gasteiger partial charge in [0.15, 0.2) is 0 Å². The summed E-state index contributed by atoms with van der Waals surface area (Å²) >= 11 is 0. The summed E-state index contributed by atoms with van der Waals surface area (Å²) in [6.07, 6.45) is 4.53. The first kappa shape index (κ1) is 16.8. The van der Waals surface area contributed by atoms with Gasteiger partial charge >= 0.3 is 5.97 Å². The lowest BCUT2D eigenvalue weighted by molar-refractivity contribution is -0.128. The van der Waals surface area contributed by atoms with Gasteiger partial charge < -0.3 is 9.47 Å². The molecule has 0 amide bonds. The number of benzene rings is 3. The zero-order valence-electron chi connectivity index (χ0n) is 15.6. The number of fused-ring (bicyclic) bond motifs is 6. The summed E-state index contributed by atoms with van der Waals surface area (Å²) in [6.45, 7) is 5.71. The molecule has 0 saturated carbocycles. The van der Waals surface area contributed by atoms with Gasteiger partial charge in [-0.15, -0.1) is 0 Å². The molecule has 2 aliphatic carbocycles. The largest absolute Gasteiger partial charge is 0.456 e. The lowest BCUT2D eigenvalue weighted by Crippen LogP contribution is -2.10. The highest BCUT2D eigenvalue weighted by Crippen LogP contribution is 2.60. The van der Waals surface area contributed by atoms with Crippen molar-refractivity contribution in [2.75, 3.05) is 0 Å². The van der Waals surface area contributed by atoms with Crippen LogP contribution in [0, 0.1) is 0 Å². The van der Waals surface area contributed by atoms with Crippen molar-refractivity contribution in [2.45, 2.75) is 25.2 Å². The molecule has 3 nitrogen and oxygen atoms in total. The Balaban J connectivity index is 1.80. The zero-order valence-corrected chi connectivity index (χ0v) is 15.6. The Morgan fingerprint density at radius 3 is 2.39 bits per heavy atom. The number of allylic oxidation sites excluding steroid dienone is 2. The van der Waals surface area contributed by atoms with Crippen LogP contribution in [0.1, 0.15) is 36.3 Å². The van der Waals surface area contributed by atoms with Crippen LogP contribution in [0.5, 0.6) is 17.2 Å². The number of esters is 1. The van der Waals surface area contributed by atoms with Crippen LogP contribution in [0.4, 0.5) is 0 Å². The molecule has 28 heavy (non-hydrogen) atoms. The van der Waals surface area contributed by atoms with Crippen LogP contribution in [-0.4, -0.2) is 5.97 Å².